The van der Waals surface area contributed by atoms with Gasteiger partial charge in [-0.2, -0.15) is 0 Å². The van der Waals surface area contributed by atoms with Crippen LogP contribution in [0.25, 0.3) is 0 Å². The highest BCUT2D eigenvalue weighted by atomic mass is 16.5. The highest BCUT2D eigenvalue weighted by molar-refractivity contribution is 5.38. The second-order valence-corrected chi connectivity index (χ2v) is 4.84. The van der Waals surface area contributed by atoms with Gasteiger partial charge in [-0.15, -0.1) is 0 Å². The number of para-hydroxylation sites is 1. The van der Waals surface area contributed by atoms with Crippen molar-refractivity contribution in [2.45, 2.75) is 19.1 Å². The first-order chi connectivity index (χ1) is 10.3. The first-order valence-electron chi connectivity index (χ1n) is 7.25. The summed E-state index contributed by atoms with van der Waals surface area (Å²) < 4.78 is 11.3. The second kappa shape index (κ2) is 7.81. The molecule has 2 aromatic carbocycles. The molecule has 0 heterocycles. The van der Waals surface area contributed by atoms with Crippen molar-refractivity contribution in [3.63, 3.8) is 0 Å². The Bertz CT molecular complexity index is 542. The number of nitrogens with one attached hydrogen (secondary N) is 1. The second-order valence-electron chi connectivity index (χ2n) is 4.84. The molecule has 0 bridgehead atoms. The van der Waals surface area contributed by atoms with E-state index in [2.05, 4.69) is 30.4 Å². The summed E-state index contributed by atoms with van der Waals surface area (Å²) in [5.41, 5.74) is 2.26. The highest BCUT2D eigenvalue weighted by Gasteiger charge is 2.26. The van der Waals surface area contributed by atoms with E-state index in [9.17, 15) is 0 Å². The van der Waals surface area contributed by atoms with Crippen LogP contribution in [-0.4, -0.2) is 20.8 Å². The van der Waals surface area contributed by atoms with Gasteiger partial charge in [0.25, 0.3) is 0 Å². The maximum absolute atomic E-state index is 5.79. The topological polar surface area (TPSA) is 30.5 Å². The molecule has 3 nitrogen and oxygen atoms in total. The molecule has 0 radical (unpaired) electrons. The number of methoxy groups -OCH3 is 2. The summed E-state index contributed by atoms with van der Waals surface area (Å²) in [5, 5.41) is 3.52. The molecule has 0 saturated heterocycles. The third-order valence-corrected chi connectivity index (χ3v) is 3.58. The van der Waals surface area contributed by atoms with E-state index < -0.39 is 0 Å². The molecule has 0 spiro atoms. The van der Waals surface area contributed by atoms with Gasteiger partial charge in [-0.25, -0.2) is 0 Å². The number of benzene rings is 2. The average Bonchev–Trinajstić information content (AvgIpc) is 2.55. The average molecular weight is 285 g/mol. The van der Waals surface area contributed by atoms with Gasteiger partial charge in [0.05, 0.1) is 13.2 Å². The summed E-state index contributed by atoms with van der Waals surface area (Å²) in [6.45, 7) is 2.95. The molecule has 21 heavy (non-hydrogen) atoms. The first kappa shape index (κ1) is 15.5. The normalized spacial score (nSPS) is 13.7. The summed E-state index contributed by atoms with van der Waals surface area (Å²) in [4.78, 5) is 0. The lowest BCUT2D eigenvalue weighted by Crippen LogP contribution is -2.28. The minimum atomic E-state index is -0.0672. The summed E-state index contributed by atoms with van der Waals surface area (Å²) in [6, 6.07) is 18.4. The molecule has 2 aromatic rings. The maximum Gasteiger partial charge on any atom is 0.123 e. The van der Waals surface area contributed by atoms with E-state index in [-0.39, 0.29) is 12.1 Å². The van der Waals surface area contributed by atoms with Gasteiger partial charge in [-0.3, -0.25) is 0 Å². The molecule has 0 aliphatic rings. The predicted molar refractivity (Wildman–Crippen MR) is 85.6 cm³/mol. The van der Waals surface area contributed by atoms with Crippen LogP contribution in [0.2, 0.25) is 0 Å². The van der Waals surface area contributed by atoms with Crippen molar-refractivity contribution in [3.05, 3.63) is 65.7 Å². The molecule has 2 unspecified atom stereocenters. The zero-order chi connectivity index (χ0) is 15.1. The van der Waals surface area contributed by atoms with Crippen molar-refractivity contribution in [2.24, 2.45) is 0 Å². The largest absolute Gasteiger partial charge is 0.496 e. The maximum atomic E-state index is 5.79. The van der Waals surface area contributed by atoms with E-state index in [0.717, 1.165) is 23.4 Å². The summed E-state index contributed by atoms with van der Waals surface area (Å²) in [5.74, 6) is 0.876. The molecule has 0 amide bonds. The standard InChI is InChI=1S/C18H23NO2/c1-4-19-17(15-12-8-9-13-16(15)20-2)18(21-3)14-10-6-5-7-11-14/h5-13,17-19H,4H2,1-3H3. The number of likely N-dealkylation sites (N-methyl/N-ethyl adjacent to an activating group) is 1. The molecule has 112 valence electrons. The highest BCUT2D eigenvalue weighted by Crippen LogP contribution is 2.35. The van der Waals surface area contributed by atoms with E-state index in [1.54, 1.807) is 14.2 Å². The van der Waals surface area contributed by atoms with E-state index >= 15 is 0 Å². The van der Waals surface area contributed by atoms with E-state index in [1.807, 2.05) is 36.4 Å². The zero-order valence-corrected chi connectivity index (χ0v) is 12.9. The number of ether oxygens (including phenoxy) is 2. The monoisotopic (exact) mass is 285 g/mol. The van der Waals surface area contributed by atoms with Crippen LogP contribution in [0.4, 0.5) is 0 Å². The Morgan fingerprint density at radius 2 is 1.62 bits per heavy atom. The predicted octanol–water partition coefficient (Wildman–Crippen LogP) is 3.73. The molecule has 0 aliphatic heterocycles. The van der Waals surface area contributed by atoms with Gasteiger partial charge in [0.2, 0.25) is 0 Å². The van der Waals surface area contributed by atoms with E-state index in [0.29, 0.717) is 0 Å². The van der Waals surface area contributed by atoms with Crippen LogP contribution in [0.1, 0.15) is 30.2 Å². The number of hydrogen-bond acceptors (Lipinski definition) is 3. The lowest BCUT2D eigenvalue weighted by Gasteiger charge is -2.28. The van der Waals surface area contributed by atoms with Crippen LogP contribution in [-0.2, 0) is 4.74 Å². The van der Waals surface area contributed by atoms with Crippen LogP contribution < -0.4 is 10.1 Å². The van der Waals surface area contributed by atoms with Crippen molar-refractivity contribution >= 4 is 0 Å². The zero-order valence-electron chi connectivity index (χ0n) is 12.9. The van der Waals surface area contributed by atoms with Crippen LogP contribution >= 0.6 is 0 Å². The van der Waals surface area contributed by atoms with Crippen LogP contribution in [0.15, 0.2) is 54.6 Å². The molecule has 0 fully saturated rings. The molecule has 2 rings (SSSR count). The molecule has 0 aliphatic carbocycles. The Morgan fingerprint density at radius 1 is 0.952 bits per heavy atom. The molecular weight excluding hydrogens is 262 g/mol. The fourth-order valence-corrected chi connectivity index (χ4v) is 2.63. The smallest absolute Gasteiger partial charge is 0.123 e. The molecule has 0 aromatic heterocycles. The quantitative estimate of drug-likeness (QED) is 0.840. The number of hydrogen-bond donors (Lipinski definition) is 1. The summed E-state index contributed by atoms with van der Waals surface area (Å²) in [6.07, 6.45) is -0.0672. The fourth-order valence-electron chi connectivity index (χ4n) is 2.63. The van der Waals surface area contributed by atoms with Gasteiger partial charge in [-0.05, 0) is 18.2 Å². The van der Waals surface area contributed by atoms with Crippen LogP contribution in [0.3, 0.4) is 0 Å². The van der Waals surface area contributed by atoms with Gasteiger partial charge in [0.15, 0.2) is 0 Å². The van der Waals surface area contributed by atoms with Gasteiger partial charge >= 0.3 is 0 Å². The van der Waals surface area contributed by atoms with Gasteiger partial charge in [0, 0.05) is 12.7 Å². The summed E-state index contributed by atoms with van der Waals surface area (Å²) >= 11 is 0. The van der Waals surface area contributed by atoms with Crippen molar-refractivity contribution < 1.29 is 9.47 Å². The fraction of sp³-hybridized carbons (Fsp3) is 0.333. The van der Waals surface area contributed by atoms with Crippen LogP contribution in [0.5, 0.6) is 5.75 Å². The summed E-state index contributed by atoms with van der Waals surface area (Å²) in [7, 11) is 3.45. The van der Waals surface area contributed by atoms with Crippen molar-refractivity contribution in [1.82, 2.24) is 5.32 Å². The Labute approximate surface area is 126 Å². The molecule has 0 saturated carbocycles. The van der Waals surface area contributed by atoms with E-state index in [4.69, 9.17) is 9.47 Å². The molecular formula is C18H23NO2. The Balaban J connectivity index is 2.41. The van der Waals surface area contributed by atoms with Crippen molar-refractivity contribution in [3.8, 4) is 5.75 Å². The van der Waals surface area contributed by atoms with Gasteiger partial charge < -0.3 is 14.8 Å². The minimum Gasteiger partial charge on any atom is -0.496 e. The van der Waals surface area contributed by atoms with Crippen LogP contribution in [0, 0.1) is 0 Å². The van der Waals surface area contributed by atoms with Crippen molar-refractivity contribution in [1.29, 1.82) is 0 Å². The lowest BCUT2D eigenvalue weighted by molar-refractivity contribution is 0.0673. The minimum absolute atomic E-state index is 0.0403. The third-order valence-electron chi connectivity index (χ3n) is 3.58. The third kappa shape index (κ3) is 3.63. The van der Waals surface area contributed by atoms with Crippen molar-refractivity contribution in [2.75, 3.05) is 20.8 Å². The Morgan fingerprint density at radius 3 is 2.24 bits per heavy atom. The number of rotatable bonds is 7. The molecule has 2 atom stereocenters. The van der Waals surface area contributed by atoms with E-state index in [1.165, 1.54) is 0 Å². The van der Waals surface area contributed by atoms with Gasteiger partial charge in [0.1, 0.15) is 11.9 Å². The first-order valence-corrected chi connectivity index (χ1v) is 7.25. The molecule has 3 heteroatoms. The lowest BCUT2D eigenvalue weighted by atomic mass is 9.95. The SMILES string of the molecule is CCNC(c1ccccc1OC)C(OC)c1ccccc1. The Hall–Kier alpha value is -1.84. The van der Waals surface area contributed by atoms with Gasteiger partial charge in [-0.1, -0.05) is 55.5 Å². The molecule has 1 N–H and O–H groups in total. The Kier molecular flexibility index (Phi) is 5.78.